The Kier molecular flexibility index (Phi) is 4.02. The summed E-state index contributed by atoms with van der Waals surface area (Å²) in [5, 5.41) is 13.9. The summed E-state index contributed by atoms with van der Waals surface area (Å²) in [6.07, 6.45) is 8.11. The number of hydrogen-bond acceptors (Lipinski definition) is 2. The number of hydrogen-bond donors (Lipinski definition) is 2. The SMILES string of the molecule is Cc1ccc(O)c2c1C(C)CC2NCCC1CCCC1. The molecular weight excluding hydrogens is 246 g/mol. The Morgan fingerprint density at radius 3 is 2.70 bits per heavy atom. The molecule has 1 saturated carbocycles. The lowest BCUT2D eigenvalue weighted by molar-refractivity contribution is 0.420. The van der Waals surface area contributed by atoms with Crippen molar-refractivity contribution in [2.75, 3.05) is 6.54 Å². The van der Waals surface area contributed by atoms with Crippen LogP contribution in [-0.4, -0.2) is 11.7 Å². The Balaban J connectivity index is 1.66. The molecule has 3 rings (SSSR count). The van der Waals surface area contributed by atoms with E-state index in [1.165, 1.54) is 48.8 Å². The molecule has 110 valence electrons. The molecule has 1 aromatic carbocycles. The Bertz CT molecular complexity index is 477. The highest BCUT2D eigenvalue weighted by Crippen LogP contribution is 2.45. The van der Waals surface area contributed by atoms with Gasteiger partial charge in [-0.2, -0.15) is 0 Å². The molecule has 0 aliphatic heterocycles. The van der Waals surface area contributed by atoms with E-state index in [0.29, 0.717) is 17.7 Å². The van der Waals surface area contributed by atoms with E-state index in [4.69, 9.17) is 0 Å². The molecule has 2 N–H and O–H groups in total. The van der Waals surface area contributed by atoms with Crippen LogP contribution < -0.4 is 5.32 Å². The maximum atomic E-state index is 10.2. The fourth-order valence-electron chi connectivity index (χ4n) is 4.29. The zero-order valence-electron chi connectivity index (χ0n) is 12.8. The van der Waals surface area contributed by atoms with E-state index in [0.717, 1.165) is 18.9 Å². The zero-order chi connectivity index (χ0) is 14.1. The van der Waals surface area contributed by atoms with Gasteiger partial charge in [0.15, 0.2) is 0 Å². The van der Waals surface area contributed by atoms with Crippen LogP contribution >= 0.6 is 0 Å². The molecule has 2 aliphatic rings. The van der Waals surface area contributed by atoms with Crippen molar-refractivity contribution in [3.8, 4) is 5.75 Å². The molecule has 2 aliphatic carbocycles. The molecule has 1 fully saturated rings. The lowest BCUT2D eigenvalue weighted by Gasteiger charge is -2.17. The van der Waals surface area contributed by atoms with Crippen molar-refractivity contribution >= 4 is 0 Å². The van der Waals surface area contributed by atoms with Gasteiger partial charge in [-0.1, -0.05) is 38.7 Å². The van der Waals surface area contributed by atoms with Crippen LogP contribution in [0.2, 0.25) is 0 Å². The molecule has 0 spiro atoms. The molecule has 0 bridgehead atoms. The third-order valence-electron chi connectivity index (χ3n) is 5.33. The summed E-state index contributed by atoms with van der Waals surface area (Å²) < 4.78 is 0. The number of aryl methyl sites for hydroxylation is 1. The summed E-state index contributed by atoms with van der Waals surface area (Å²) in [5.41, 5.74) is 3.87. The first-order chi connectivity index (χ1) is 9.66. The van der Waals surface area contributed by atoms with Crippen molar-refractivity contribution in [2.24, 2.45) is 5.92 Å². The summed E-state index contributed by atoms with van der Waals surface area (Å²) in [6.45, 7) is 5.54. The van der Waals surface area contributed by atoms with E-state index in [1.807, 2.05) is 12.1 Å². The lowest BCUT2D eigenvalue weighted by Crippen LogP contribution is -2.22. The van der Waals surface area contributed by atoms with E-state index >= 15 is 0 Å². The first-order valence-corrected chi connectivity index (χ1v) is 8.22. The van der Waals surface area contributed by atoms with Crippen LogP contribution in [-0.2, 0) is 0 Å². The Hall–Kier alpha value is -1.02. The second-order valence-corrected chi connectivity index (χ2v) is 6.81. The first-order valence-electron chi connectivity index (χ1n) is 8.22. The quantitative estimate of drug-likeness (QED) is 0.851. The third kappa shape index (κ3) is 2.58. The number of aromatic hydroxyl groups is 1. The predicted octanol–water partition coefficient (Wildman–Crippen LogP) is 4.42. The van der Waals surface area contributed by atoms with Gasteiger partial charge in [-0.3, -0.25) is 0 Å². The molecule has 20 heavy (non-hydrogen) atoms. The number of nitrogens with one attached hydrogen (secondary N) is 1. The number of fused-ring (bicyclic) bond motifs is 1. The second-order valence-electron chi connectivity index (χ2n) is 6.81. The summed E-state index contributed by atoms with van der Waals surface area (Å²) >= 11 is 0. The predicted molar refractivity (Wildman–Crippen MR) is 83.2 cm³/mol. The highest BCUT2D eigenvalue weighted by Gasteiger charge is 2.31. The van der Waals surface area contributed by atoms with Gasteiger partial charge in [0, 0.05) is 11.6 Å². The normalized spacial score (nSPS) is 26.1. The number of phenols is 1. The number of phenolic OH excluding ortho intramolecular Hbond substituents is 1. The van der Waals surface area contributed by atoms with Crippen LogP contribution in [0.25, 0.3) is 0 Å². The average Bonchev–Trinajstić information content (AvgIpc) is 3.03. The second kappa shape index (κ2) is 5.77. The van der Waals surface area contributed by atoms with E-state index in [2.05, 4.69) is 19.2 Å². The van der Waals surface area contributed by atoms with E-state index in [-0.39, 0.29) is 0 Å². The minimum absolute atomic E-state index is 0.348. The lowest BCUT2D eigenvalue weighted by atomic mass is 9.97. The van der Waals surface area contributed by atoms with Crippen molar-refractivity contribution in [3.63, 3.8) is 0 Å². The smallest absolute Gasteiger partial charge is 0.120 e. The van der Waals surface area contributed by atoms with Crippen molar-refractivity contribution in [1.82, 2.24) is 5.32 Å². The number of rotatable bonds is 4. The minimum Gasteiger partial charge on any atom is -0.508 e. The molecule has 0 radical (unpaired) electrons. The summed E-state index contributed by atoms with van der Waals surface area (Å²) in [4.78, 5) is 0. The third-order valence-corrected chi connectivity index (χ3v) is 5.33. The minimum atomic E-state index is 0.348. The molecule has 1 aromatic rings. The largest absolute Gasteiger partial charge is 0.508 e. The molecule has 2 nitrogen and oxygen atoms in total. The zero-order valence-corrected chi connectivity index (χ0v) is 12.8. The van der Waals surface area contributed by atoms with Gasteiger partial charge in [0.2, 0.25) is 0 Å². The van der Waals surface area contributed by atoms with E-state index in [9.17, 15) is 5.11 Å². The Labute approximate surface area is 122 Å². The molecule has 2 atom stereocenters. The summed E-state index contributed by atoms with van der Waals surface area (Å²) in [6, 6.07) is 4.25. The Morgan fingerprint density at radius 2 is 1.95 bits per heavy atom. The molecular formula is C18H27NO. The molecule has 2 heteroatoms. The van der Waals surface area contributed by atoms with Crippen LogP contribution in [0.4, 0.5) is 0 Å². The van der Waals surface area contributed by atoms with Gasteiger partial charge in [0.25, 0.3) is 0 Å². The average molecular weight is 273 g/mol. The molecule has 0 saturated heterocycles. The Morgan fingerprint density at radius 1 is 1.20 bits per heavy atom. The molecule has 0 aromatic heterocycles. The van der Waals surface area contributed by atoms with Crippen molar-refractivity contribution in [2.45, 2.75) is 64.3 Å². The molecule has 0 heterocycles. The van der Waals surface area contributed by atoms with Crippen LogP contribution in [0.5, 0.6) is 5.75 Å². The molecule has 0 amide bonds. The van der Waals surface area contributed by atoms with Crippen molar-refractivity contribution < 1.29 is 5.11 Å². The van der Waals surface area contributed by atoms with Gasteiger partial charge >= 0.3 is 0 Å². The monoisotopic (exact) mass is 273 g/mol. The highest BCUT2D eigenvalue weighted by atomic mass is 16.3. The van der Waals surface area contributed by atoms with Gasteiger partial charge in [0.1, 0.15) is 5.75 Å². The van der Waals surface area contributed by atoms with Crippen LogP contribution in [0, 0.1) is 12.8 Å². The van der Waals surface area contributed by atoms with Gasteiger partial charge in [0.05, 0.1) is 0 Å². The van der Waals surface area contributed by atoms with Crippen molar-refractivity contribution in [3.05, 3.63) is 28.8 Å². The van der Waals surface area contributed by atoms with Gasteiger partial charge < -0.3 is 10.4 Å². The maximum absolute atomic E-state index is 10.2. The van der Waals surface area contributed by atoms with Gasteiger partial charge in [-0.15, -0.1) is 0 Å². The number of benzene rings is 1. The van der Waals surface area contributed by atoms with Crippen molar-refractivity contribution in [1.29, 1.82) is 0 Å². The summed E-state index contributed by atoms with van der Waals surface area (Å²) in [7, 11) is 0. The topological polar surface area (TPSA) is 32.3 Å². The summed E-state index contributed by atoms with van der Waals surface area (Å²) in [5.74, 6) is 1.97. The van der Waals surface area contributed by atoms with Gasteiger partial charge in [-0.25, -0.2) is 0 Å². The standard InChI is InChI=1S/C18H27NO/c1-12-7-8-16(20)18-15(11-13(2)17(12)18)19-10-9-14-5-3-4-6-14/h7-8,13-15,19-20H,3-6,9-11H2,1-2H3. The molecule has 2 unspecified atom stereocenters. The van der Waals surface area contributed by atoms with E-state index in [1.54, 1.807) is 0 Å². The van der Waals surface area contributed by atoms with Crippen LogP contribution in [0.3, 0.4) is 0 Å². The van der Waals surface area contributed by atoms with E-state index < -0.39 is 0 Å². The highest BCUT2D eigenvalue weighted by molar-refractivity contribution is 5.50. The van der Waals surface area contributed by atoms with Crippen LogP contribution in [0.1, 0.15) is 74.1 Å². The van der Waals surface area contributed by atoms with Crippen LogP contribution in [0.15, 0.2) is 12.1 Å². The maximum Gasteiger partial charge on any atom is 0.120 e. The fourth-order valence-corrected chi connectivity index (χ4v) is 4.29. The first kappa shape index (κ1) is 13.9. The van der Waals surface area contributed by atoms with Gasteiger partial charge in [-0.05, 0) is 55.3 Å². The fraction of sp³-hybridized carbons (Fsp3) is 0.667.